The van der Waals surface area contributed by atoms with Crippen molar-refractivity contribution in [3.05, 3.63) is 59.2 Å². The molecule has 1 N–H and O–H groups in total. The van der Waals surface area contributed by atoms with Crippen molar-refractivity contribution in [2.45, 2.75) is 38.9 Å². The molecule has 0 amide bonds. The van der Waals surface area contributed by atoms with Crippen molar-refractivity contribution in [1.82, 2.24) is 0 Å². The fraction of sp³-hybridized carbons (Fsp3) is 0.348. The number of hydrogen-bond acceptors (Lipinski definition) is 5. The van der Waals surface area contributed by atoms with Crippen molar-refractivity contribution in [2.75, 3.05) is 13.7 Å². The summed E-state index contributed by atoms with van der Waals surface area (Å²) in [5.41, 5.74) is 2.29. The van der Waals surface area contributed by atoms with Gasteiger partial charge in [-0.15, -0.1) is 0 Å². The van der Waals surface area contributed by atoms with E-state index in [0.29, 0.717) is 25.2 Å². The Balaban J connectivity index is 2.00. The standard InChI is InChI=1S/C23H28O5/c1-23(2,28-17-25)11-4-12-27-22-14-19(13-20(15-22)16-24)6-5-18-7-9-21(26-3)10-8-18/h5-10,13-15,17,24H,4,11-12,16H2,1-3H3/b6-5+. The lowest BCUT2D eigenvalue weighted by atomic mass is 10.0. The quantitative estimate of drug-likeness (QED) is 0.352. The normalized spacial score (nSPS) is 11.4. The first-order valence-corrected chi connectivity index (χ1v) is 9.27. The zero-order chi connectivity index (χ0) is 20.4. The van der Waals surface area contributed by atoms with E-state index < -0.39 is 5.60 Å². The lowest BCUT2D eigenvalue weighted by Gasteiger charge is -2.22. The van der Waals surface area contributed by atoms with Crippen LogP contribution in [0.2, 0.25) is 0 Å². The Labute approximate surface area is 166 Å². The predicted octanol–water partition coefficient (Wildman–Crippen LogP) is 4.47. The van der Waals surface area contributed by atoms with Gasteiger partial charge in [-0.2, -0.15) is 0 Å². The van der Waals surface area contributed by atoms with Gasteiger partial charge in [0.25, 0.3) is 6.47 Å². The highest BCUT2D eigenvalue weighted by Gasteiger charge is 2.17. The van der Waals surface area contributed by atoms with Gasteiger partial charge in [-0.05, 0) is 73.7 Å². The van der Waals surface area contributed by atoms with E-state index in [1.807, 2.05) is 68.5 Å². The lowest BCUT2D eigenvalue weighted by molar-refractivity contribution is -0.141. The molecular weight excluding hydrogens is 356 g/mol. The van der Waals surface area contributed by atoms with E-state index in [1.54, 1.807) is 7.11 Å². The van der Waals surface area contributed by atoms with E-state index in [2.05, 4.69) is 0 Å². The number of aliphatic hydroxyl groups is 1. The summed E-state index contributed by atoms with van der Waals surface area (Å²) in [5.74, 6) is 1.52. The van der Waals surface area contributed by atoms with E-state index in [0.717, 1.165) is 28.9 Å². The van der Waals surface area contributed by atoms with Crippen molar-refractivity contribution in [3.63, 3.8) is 0 Å². The zero-order valence-electron chi connectivity index (χ0n) is 16.7. The van der Waals surface area contributed by atoms with Crippen molar-refractivity contribution < 1.29 is 24.1 Å². The second kappa shape index (κ2) is 10.5. The Kier molecular flexibility index (Phi) is 8.08. The van der Waals surface area contributed by atoms with E-state index in [1.165, 1.54) is 0 Å². The number of aliphatic hydroxyl groups excluding tert-OH is 1. The third-order valence-electron chi connectivity index (χ3n) is 4.31. The Hall–Kier alpha value is -2.79. The second-order valence-electron chi connectivity index (χ2n) is 7.10. The number of ether oxygens (including phenoxy) is 3. The summed E-state index contributed by atoms with van der Waals surface area (Å²) in [6.45, 7) is 4.67. The molecule has 150 valence electrons. The highest BCUT2D eigenvalue weighted by atomic mass is 16.5. The summed E-state index contributed by atoms with van der Waals surface area (Å²) < 4.78 is 16.0. The van der Waals surface area contributed by atoms with Gasteiger partial charge in [0.2, 0.25) is 0 Å². The van der Waals surface area contributed by atoms with Crippen LogP contribution in [0.3, 0.4) is 0 Å². The molecule has 0 fully saturated rings. The van der Waals surface area contributed by atoms with Crippen molar-refractivity contribution in [1.29, 1.82) is 0 Å². The van der Waals surface area contributed by atoms with Crippen molar-refractivity contribution in [3.8, 4) is 11.5 Å². The molecule has 0 unspecified atom stereocenters. The topological polar surface area (TPSA) is 65.0 Å². The van der Waals surface area contributed by atoms with Gasteiger partial charge in [-0.25, -0.2) is 0 Å². The first-order valence-electron chi connectivity index (χ1n) is 9.27. The van der Waals surface area contributed by atoms with Gasteiger partial charge in [0.15, 0.2) is 0 Å². The number of carbonyl (C=O) groups excluding carboxylic acids is 1. The molecule has 5 nitrogen and oxygen atoms in total. The average Bonchev–Trinajstić information content (AvgIpc) is 2.70. The molecule has 0 radical (unpaired) electrons. The van der Waals surface area contributed by atoms with Gasteiger partial charge in [-0.1, -0.05) is 24.3 Å². The predicted molar refractivity (Wildman–Crippen MR) is 110 cm³/mol. The fourth-order valence-electron chi connectivity index (χ4n) is 2.74. The van der Waals surface area contributed by atoms with Gasteiger partial charge in [0.1, 0.15) is 17.1 Å². The van der Waals surface area contributed by atoms with Gasteiger partial charge in [0.05, 0.1) is 20.3 Å². The third-order valence-corrected chi connectivity index (χ3v) is 4.31. The Morgan fingerprint density at radius 3 is 2.36 bits per heavy atom. The SMILES string of the molecule is COc1ccc(/C=C/c2cc(CO)cc(OCCCC(C)(C)OC=O)c2)cc1. The van der Waals surface area contributed by atoms with Gasteiger partial charge in [0, 0.05) is 0 Å². The molecule has 0 heterocycles. The number of hydrogen-bond donors (Lipinski definition) is 1. The minimum Gasteiger partial charge on any atom is -0.497 e. The molecule has 0 aliphatic heterocycles. The number of rotatable bonds is 11. The van der Waals surface area contributed by atoms with Crippen LogP contribution in [0.4, 0.5) is 0 Å². The highest BCUT2D eigenvalue weighted by Crippen LogP contribution is 2.22. The van der Waals surface area contributed by atoms with Crippen LogP contribution >= 0.6 is 0 Å². The fourth-order valence-corrected chi connectivity index (χ4v) is 2.74. The first-order chi connectivity index (χ1) is 13.5. The highest BCUT2D eigenvalue weighted by molar-refractivity contribution is 5.70. The summed E-state index contributed by atoms with van der Waals surface area (Å²) >= 11 is 0. The first kappa shape index (κ1) is 21.5. The maximum atomic E-state index is 10.5. The van der Waals surface area contributed by atoms with E-state index in [4.69, 9.17) is 14.2 Å². The van der Waals surface area contributed by atoms with Gasteiger partial charge < -0.3 is 19.3 Å². The van der Waals surface area contributed by atoms with Crippen LogP contribution in [0, 0.1) is 0 Å². The molecule has 0 bridgehead atoms. The van der Waals surface area contributed by atoms with Crippen LogP contribution in [0.25, 0.3) is 12.2 Å². The van der Waals surface area contributed by atoms with Gasteiger partial charge in [-0.3, -0.25) is 4.79 Å². The van der Waals surface area contributed by atoms with Crippen LogP contribution in [0.15, 0.2) is 42.5 Å². The maximum absolute atomic E-state index is 10.5. The van der Waals surface area contributed by atoms with Crippen LogP contribution in [-0.2, 0) is 16.1 Å². The smallest absolute Gasteiger partial charge is 0.293 e. The minimum absolute atomic E-state index is 0.0548. The third kappa shape index (κ3) is 7.08. The number of benzene rings is 2. The average molecular weight is 384 g/mol. The van der Waals surface area contributed by atoms with E-state index >= 15 is 0 Å². The van der Waals surface area contributed by atoms with Crippen LogP contribution < -0.4 is 9.47 Å². The van der Waals surface area contributed by atoms with Crippen LogP contribution in [0.5, 0.6) is 11.5 Å². The maximum Gasteiger partial charge on any atom is 0.293 e. The molecule has 2 aromatic carbocycles. The monoisotopic (exact) mass is 384 g/mol. The van der Waals surface area contributed by atoms with Crippen LogP contribution in [0.1, 0.15) is 43.4 Å². The molecule has 2 rings (SSSR count). The summed E-state index contributed by atoms with van der Waals surface area (Å²) in [5, 5.41) is 9.52. The van der Waals surface area contributed by atoms with Crippen molar-refractivity contribution in [2.24, 2.45) is 0 Å². The lowest BCUT2D eigenvalue weighted by Crippen LogP contribution is -2.24. The molecule has 0 atom stereocenters. The second-order valence-corrected chi connectivity index (χ2v) is 7.10. The Morgan fingerprint density at radius 1 is 1.00 bits per heavy atom. The summed E-state index contributed by atoms with van der Waals surface area (Å²) in [7, 11) is 1.64. The van der Waals surface area contributed by atoms with Gasteiger partial charge >= 0.3 is 0 Å². The van der Waals surface area contributed by atoms with E-state index in [9.17, 15) is 9.90 Å². The molecule has 28 heavy (non-hydrogen) atoms. The molecule has 0 aliphatic rings. The summed E-state index contributed by atoms with van der Waals surface area (Å²) in [4.78, 5) is 10.5. The molecule has 0 saturated heterocycles. The number of methoxy groups -OCH3 is 1. The molecular formula is C23H28O5. The molecule has 2 aromatic rings. The number of carbonyl (C=O) groups is 1. The molecule has 5 heteroatoms. The molecule has 0 saturated carbocycles. The minimum atomic E-state index is -0.496. The van der Waals surface area contributed by atoms with Crippen molar-refractivity contribution >= 4 is 18.6 Å². The summed E-state index contributed by atoms with van der Waals surface area (Å²) in [6, 6.07) is 13.5. The van der Waals surface area contributed by atoms with E-state index in [-0.39, 0.29) is 6.61 Å². The molecule has 0 spiro atoms. The largest absolute Gasteiger partial charge is 0.497 e. The molecule has 0 aromatic heterocycles. The molecule has 0 aliphatic carbocycles. The Morgan fingerprint density at radius 2 is 1.71 bits per heavy atom. The van der Waals surface area contributed by atoms with Crippen LogP contribution in [-0.4, -0.2) is 30.9 Å². The Bertz CT molecular complexity index is 778. The summed E-state index contributed by atoms with van der Waals surface area (Å²) in [6.07, 6.45) is 5.44. The zero-order valence-corrected chi connectivity index (χ0v) is 16.7.